The van der Waals surface area contributed by atoms with Crippen molar-refractivity contribution in [3.63, 3.8) is 0 Å². The minimum atomic E-state index is -0.145. The van der Waals surface area contributed by atoms with Crippen molar-refractivity contribution < 1.29 is 4.74 Å². The van der Waals surface area contributed by atoms with Gasteiger partial charge >= 0.3 is 0 Å². The van der Waals surface area contributed by atoms with Gasteiger partial charge in [0.25, 0.3) is 0 Å². The molecule has 0 unspecified atom stereocenters. The van der Waals surface area contributed by atoms with Gasteiger partial charge in [0.05, 0.1) is 0 Å². The molecule has 2 heteroatoms. The van der Waals surface area contributed by atoms with Crippen molar-refractivity contribution >= 4 is 0 Å². The van der Waals surface area contributed by atoms with Gasteiger partial charge in [-0.05, 0) is 44.9 Å². The summed E-state index contributed by atoms with van der Waals surface area (Å²) in [6, 6.07) is 4.36. The number of rotatable bonds is 0. The topological polar surface area (TPSA) is 35.2 Å². The molecule has 1 aromatic rings. The number of hydrogen-bond acceptors (Lipinski definition) is 2. The molecule has 1 aliphatic rings. The minimum absolute atomic E-state index is 0.100. The molecule has 0 spiro atoms. The second-order valence-electron chi connectivity index (χ2n) is 5.15. The van der Waals surface area contributed by atoms with Crippen LogP contribution in [-0.2, 0) is 0 Å². The van der Waals surface area contributed by atoms with E-state index >= 15 is 0 Å². The molecule has 0 aliphatic carbocycles. The van der Waals surface area contributed by atoms with E-state index in [1.807, 2.05) is 0 Å². The highest BCUT2D eigenvalue weighted by Gasteiger charge is 2.31. The van der Waals surface area contributed by atoms with Gasteiger partial charge in [0.15, 0.2) is 0 Å². The molecule has 0 saturated carbocycles. The highest BCUT2D eigenvalue weighted by molar-refractivity contribution is 5.45. The average molecular weight is 205 g/mol. The molecule has 0 bridgehead atoms. The van der Waals surface area contributed by atoms with Crippen molar-refractivity contribution in [3.05, 3.63) is 28.8 Å². The fourth-order valence-electron chi connectivity index (χ4n) is 2.17. The minimum Gasteiger partial charge on any atom is -0.487 e. The molecule has 82 valence electrons. The lowest BCUT2D eigenvalue weighted by Gasteiger charge is -2.36. The molecular formula is C13H19NO. The molecule has 0 amide bonds. The molecule has 1 heterocycles. The Morgan fingerprint density at radius 3 is 2.53 bits per heavy atom. The fourth-order valence-corrected chi connectivity index (χ4v) is 2.17. The Kier molecular flexibility index (Phi) is 2.27. The van der Waals surface area contributed by atoms with E-state index in [1.54, 1.807) is 0 Å². The van der Waals surface area contributed by atoms with E-state index in [0.29, 0.717) is 0 Å². The molecule has 2 nitrogen and oxygen atoms in total. The largest absolute Gasteiger partial charge is 0.487 e. The maximum atomic E-state index is 6.16. The van der Waals surface area contributed by atoms with Crippen LogP contribution in [0.25, 0.3) is 0 Å². The summed E-state index contributed by atoms with van der Waals surface area (Å²) < 4.78 is 5.95. The number of nitrogens with two attached hydrogens (primary N) is 1. The zero-order chi connectivity index (χ0) is 11.2. The summed E-state index contributed by atoms with van der Waals surface area (Å²) in [7, 11) is 0. The molecule has 1 aliphatic heterocycles. The van der Waals surface area contributed by atoms with Crippen LogP contribution in [0.3, 0.4) is 0 Å². The predicted octanol–water partition coefficient (Wildman–Crippen LogP) is 2.86. The number of fused-ring (bicyclic) bond motifs is 1. The second-order valence-corrected chi connectivity index (χ2v) is 5.15. The molecule has 2 rings (SSSR count). The molecule has 0 saturated heterocycles. The first-order valence-electron chi connectivity index (χ1n) is 5.45. The summed E-state index contributed by atoms with van der Waals surface area (Å²) in [4.78, 5) is 0. The van der Waals surface area contributed by atoms with Crippen LogP contribution in [0.15, 0.2) is 12.1 Å². The lowest BCUT2D eigenvalue weighted by Crippen LogP contribution is -2.37. The van der Waals surface area contributed by atoms with E-state index in [0.717, 1.165) is 17.7 Å². The standard InChI is InChI=1S/C13H19NO/c1-8-5-10-11(14)7-13(3,4)15-12(10)6-9(8)2/h5-6,11H,7,14H2,1-4H3/t11-/m0/s1. The van der Waals surface area contributed by atoms with Gasteiger partial charge in [-0.1, -0.05) is 6.07 Å². The highest BCUT2D eigenvalue weighted by atomic mass is 16.5. The van der Waals surface area contributed by atoms with Crippen LogP contribution in [0.4, 0.5) is 0 Å². The summed E-state index contributed by atoms with van der Waals surface area (Å²) in [6.45, 7) is 8.39. The number of ether oxygens (including phenoxy) is 1. The van der Waals surface area contributed by atoms with Crippen molar-refractivity contribution in [2.24, 2.45) is 5.73 Å². The van der Waals surface area contributed by atoms with E-state index in [1.165, 1.54) is 11.1 Å². The van der Waals surface area contributed by atoms with Gasteiger partial charge < -0.3 is 10.5 Å². The maximum Gasteiger partial charge on any atom is 0.125 e. The van der Waals surface area contributed by atoms with Crippen LogP contribution in [0.2, 0.25) is 0 Å². The van der Waals surface area contributed by atoms with Crippen molar-refractivity contribution in [2.45, 2.75) is 45.8 Å². The summed E-state index contributed by atoms with van der Waals surface area (Å²) in [5, 5.41) is 0. The summed E-state index contributed by atoms with van der Waals surface area (Å²) in [5.41, 5.74) is 9.71. The van der Waals surface area contributed by atoms with Crippen molar-refractivity contribution in [2.75, 3.05) is 0 Å². The van der Waals surface area contributed by atoms with Gasteiger partial charge in [-0.3, -0.25) is 0 Å². The molecule has 0 radical (unpaired) electrons. The summed E-state index contributed by atoms with van der Waals surface area (Å²) in [5.74, 6) is 0.960. The van der Waals surface area contributed by atoms with E-state index in [-0.39, 0.29) is 11.6 Å². The van der Waals surface area contributed by atoms with Crippen LogP contribution in [0, 0.1) is 13.8 Å². The summed E-state index contributed by atoms with van der Waals surface area (Å²) >= 11 is 0. The number of benzene rings is 1. The lowest BCUT2D eigenvalue weighted by atomic mass is 9.88. The van der Waals surface area contributed by atoms with E-state index in [4.69, 9.17) is 10.5 Å². The monoisotopic (exact) mass is 205 g/mol. The molecule has 2 N–H and O–H groups in total. The number of hydrogen-bond donors (Lipinski definition) is 1. The third kappa shape index (κ3) is 1.86. The smallest absolute Gasteiger partial charge is 0.125 e. The molecule has 1 aromatic carbocycles. The van der Waals surface area contributed by atoms with E-state index < -0.39 is 0 Å². The second kappa shape index (κ2) is 3.24. The van der Waals surface area contributed by atoms with Gasteiger partial charge in [0.2, 0.25) is 0 Å². The SMILES string of the molecule is Cc1cc2c(cc1C)[C@@H](N)CC(C)(C)O2. The zero-order valence-electron chi connectivity index (χ0n) is 9.92. The van der Waals surface area contributed by atoms with Crippen molar-refractivity contribution in [1.29, 1.82) is 0 Å². The van der Waals surface area contributed by atoms with Crippen LogP contribution >= 0.6 is 0 Å². The Balaban J connectivity index is 2.51. The van der Waals surface area contributed by atoms with Gasteiger partial charge in [-0.15, -0.1) is 0 Å². The van der Waals surface area contributed by atoms with E-state index in [9.17, 15) is 0 Å². The highest BCUT2D eigenvalue weighted by Crippen LogP contribution is 2.39. The first kappa shape index (κ1) is 10.5. The Hall–Kier alpha value is -1.02. The Bertz CT molecular complexity index is 396. The fraction of sp³-hybridized carbons (Fsp3) is 0.538. The zero-order valence-corrected chi connectivity index (χ0v) is 9.92. The Morgan fingerprint density at radius 2 is 1.87 bits per heavy atom. The van der Waals surface area contributed by atoms with Crippen LogP contribution in [0.5, 0.6) is 5.75 Å². The quantitative estimate of drug-likeness (QED) is 0.707. The molecule has 1 atom stereocenters. The third-order valence-corrected chi connectivity index (χ3v) is 3.12. The van der Waals surface area contributed by atoms with Crippen LogP contribution < -0.4 is 10.5 Å². The van der Waals surface area contributed by atoms with Crippen LogP contribution in [-0.4, -0.2) is 5.60 Å². The Morgan fingerprint density at radius 1 is 1.27 bits per heavy atom. The normalized spacial score (nSPS) is 23.1. The average Bonchev–Trinajstić information content (AvgIpc) is 2.07. The molecule has 0 aromatic heterocycles. The Labute approximate surface area is 91.4 Å². The predicted molar refractivity (Wildman–Crippen MR) is 62.2 cm³/mol. The van der Waals surface area contributed by atoms with E-state index in [2.05, 4.69) is 39.8 Å². The van der Waals surface area contributed by atoms with Gasteiger partial charge in [-0.2, -0.15) is 0 Å². The van der Waals surface area contributed by atoms with Gasteiger partial charge in [0.1, 0.15) is 11.4 Å². The lowest BCUT2D eigenvalue weighted by molar-refractivity contribution is 0.0728. The van der Waals surface area contributed by atoms with Gasteiger partial charge in [0, 0.05) is 18.0 Å². The first-order chi connectivity index (χ1) is 6.89. The van der Waals surface area contributed by atoms with Crippen molar-refractivity contribution in [3.8, 4) is 5.75 Å². The third-order valence-electron chi connectivity index (χ3n) is 3.12. The van der Waals surface area contributed by atoms with Crippen molar-refractivity contribution in [1.82, 2.24) is 0 Å². The van der Waals surface area contributed by atoms with Gasteiger partial charge in [-0.25, -0.2) is 0 Å². The first-order valence-corrected chi connectivity index (χ1v) is 5.45. The van der Waals surface area contributed by atoms with Crippen LogP contribution in [0.1, 0.15) is 43.0 Å². The molecule has 0 fully saturated rings. The maximum absolute atomic E-state index is 6.16. The summed E-state index contributed by atoms with van der Waals surface area (Å²) in [6.07, 6.45) is 0.877. The molecular weight excluding hydrogens is 186 g/mol. The number of aryl methyl sites for hydroxylation is 2. The molecule has 15 heavy (non-hydrogen) atoms.